The molecule has 1 fully saturated rings. The second kappa shape index (κ2) is 6.19. The minimum absolute atomic E-state index is 0. The van der Waals surface area contributed by atoms with Gasteiger partial charge in [-0.2, -0.15) is 0 Å². The zero-order chi connectivity index (χ0) is 15.7. The van der Waals surface area contributed by atoms with Crippen molar-refractivity contribution in [2.75, 3.05) is 6.61 Å². The predicted molar refractivity (Wildman–Crippen MR) is 87.2 cm³/mol. The summed E-state index contributed by atoms with van der Waals surface area (Å²) >= 11 is 0. The number of hydrogen-bond donors (Lipinski definition) is 1. The SMILES string of the molecule is C#C[C@H](O)C1(C)O[C@H]1CO[Si](C(C)C)(C(C)C)C(C)C.[HH]. The van der Waals surface area contributed by atoms with Crippen LogP contribution in [-0.4, -0.2) is 37.8 Å². The van der Waals surface area contributed by atoms with E-state index in [1.807, 2.05) is 6.92 Å². The topological polar surface area (TPSA) is 42.0 Å². The van der Waals surface area contributed by atoms with Crippen molar-refractivity contribution in [1.29, 1.82) is 0 Å². The van der Waals surface area contributed by atoms with Crippen LogP contribution >= 0.6 is 0 Å². The van der Waals surface area contributed by atoms with Gasteiger partial charge in [-0.25, -0.2) is 0 Å². The standard InChI is InChI=1S/C16H30O3Si.H2/c1-9-14(17)16(8)15(19-16)10-18-20(11(2)3,12(4)5)13(6)7;/h1,11-15,17H,10H2,2-8H3;1H/t14-,15-,16?;/m0./s1. The van der Waals surface area contributed by atoms with Crippen LogP contribution in [0.1, 0.15) is 49.9 Å². The number of ether oxygens (including phenoxy) is 1. The van der Waals surface area contributed by atoms with Crippen LogP contribution in [0.25, 0.3) is 0 Å². The molecule has 3 nitrogen and oxygen atoms in total. The van der Waals surface area contributed by atoms with Gasteiger partial charge >= 0.3 is 0 Å². The molecule has 0 spiro atoms. The summed E-state index contributed by atoms with van der Waals surface area (Å²) in [5.41, 5.74) is 1.01. The third kappa shape index (κ3) is 2.96. The van der Waals surface area contributed by atoms with Crippen LogP contribution in [0.3, 0.4) is 0 Å². The Kier molecular flexibility index (Phi) is 5.48. The summed E-state index contributed by atoms with van der Waals surface area (Å²) in [6, 6.07) is 0. The summed E-state index contributed by atoms with van der Waals surface area (Å²) in [5, 5.41) is 9.78. The van der Waals surface area contributed by atoms with E-state index in [1.54, 1.807) is 0 Å². The molecule has 1 N–H and O–H groups in total. The van der Waals surface area contributed by atoms with E-state index in [-0.39, 0.29) is 7.53 Å². The van der Waals surface area contributed by atoms with Crippen LogP contribution in [0, 0.1) is 12.3 Å². The van der Waals surface area contributed by atoms with E-state index in [1.165, 1.54) is 0 Å². The lowest BCUT2D eigenvalue weighted by molar-refractivity contribution is 0.131. The lowest BCUT2D eigenvalue weighted by Crippen LogP contribution is -2.49. The molecule has 1 heterocycles. The first kappa shape index (κ1) is 17.7. The lowest BCUT2D eigenvalue weighted by Gasteiger charge is -2.42. The largest absolute Gasteiger partial charge is 0.413 e. The summed E-state index contributed by atoms with van der Waals surface area (Å²) in [4.78, 5) is 0. The Morgan fingerprint density at radius 1 is 1.25 bits per heavy atom. The minimum atomic E-state index is -1.87. The first-order valence-corrected chi connectivity index (χ1v) is 9.72. The summed E-state index contributed by atoms with van der Waals surface area (Å²) in [5.74, 6) is 2.35. The second-order valence-corrected chi connectivity index (χ2v) is 12.4. The molecular weight excluding hydrogens is 268 g/mol. The maximum absolute atomic E-state index is 9.78. The second-order valence-electron chi connectivity index (χ2n) is 6.99. The van der Waals surface area contributed by atoms with E-state index < -0.39 is 20.0 Å². The highest BCUT2D eigenvalue weighted by Crippen LogP contribution is 2.45. The zero-order valence-electron chi connectivity index (χ0n) is 13.9. The Labute approximate surface area is 126 Å². The highest BCUT2D eigenvalue weighted by atomic mass is 28.4. The van der Waals surface area contributed by atoms with Gasteiger partial charge in [0.1, 0.15) is 17.8 Å². The number of aliphatic hydroxyl groups excluding tert-OH is 1. The normalized spacial score (nSPS) is 28.0. The van der Waals surface area contributed by atoms with Crippen LogP contribution in [0.15, 0.2) is 0 Å². The highest BCUT2D eigenvalue weighted by molar-refractivity contribution is 6.77. The molecule has 0 bridgehead atoms. The van der Waals surface area contributed by atoms with E-state index >= 15 is 0 Å². The summed E-state index contributed by atoms with van der Waals surface area (Å²) in [6.07, 6.45) is 4.33. The molecule has 0 aromatic carbocycles. The number of terminal acetylenes is 1. The molecule has 1 aliphatic rings. The molecule has 0 amide bonds. The van der Waals surface area contributed by atoms with Gasteiger partial charge in [0.2, 0.25) is 0 Å². The van der Waals surface area contributed by atoms with Crippen LogP contribution in [0.5, 0.6) is 0 Å². The number of hydrogen-bond acceptors (Lipinski definition) is 3. The zero-order valence-corrected chi connectivity index (χ0v) is 14.9. The van der Waals surface area contributed by atoms with Crippen molar-refractivity contribution in [2.24, 2.45) is 0 Å². The van der Waals surface area contributed by atoms with E-state index in [9.17, 15) is 5.11 Å². The molecule has 1 rings (SSSR count). The van der Waals surface area contributed by atoms with Gasteiger partial charge in [0.15, 0.2) is 8.32 Å². The average molecular weight is 301 g/mol. The van der Waals surface area contributed by atoms with Crippen molar-refractivity contribution in [3.05, 3.63) is 0 Å². The predicted octanol–water partition coefficient (Wildman–Crippen LogP) is 3.58. The van der Waals surface area contributed by atoms with E-state index in [4.69, 9.17) is 15.6 Å². The molecule has 0 aromatic rings. The monoisotopic (exact) mass is 300 g/mol. The molecule has 0 aliphatic carbocycles. The summed E-state index contributed by atoms with van der Waals surface area (Å²) in [7, 11) is -1.87. The van der Waals surface area contributed by atoms with Gasteiger partial charge in [0.05, 0.1) is 6.61 Å². The van der Waals surface area contributed by atoms with Gasteiger partial charge in [-0.1, -0.05) is 47.5 Å². The van der Waals surface area contributed by atoms with Crippen molar-refractivity contribution in [3.63, 3.8) is 0 Å². The van der Waals surface area contributed by atoms with Gasteiger partial charge < -0.3 is 14.3 Å². The van der Waals surface area contributed by atoms with Crippen molar-refractivity contribution < 1.29 is 15.7 Å². The molecule has 1 saturated heterocycles. The fourth-order valence-electron chi connectivity index (χ4n) is 3.60. The van der Waals surface area contributed by atoms with E-state index in [0.717, 1.165) is 0 Å². The van der Waals surface area contributed by atoms with Gasteiger partial charge in [-0.05, 0) is 23.5 Å². The van der Waals surface area contributed by atoms with Gasteiger partial charge in [0.25, 0.3) is 0 Å². The van der Waals surface area contributed by atoms with Crippen molar-refractivity contribution in [2.45, 2.75) is 82.9 Å². The fraction of sp³-hybridized carbons (Fsp3) is 0.875. The lowest BCUT2D eigenvalue weighted by atomic mass is 10.0. The highest BCUT2D eigenvalue weighted by Gasteiger charge is 2.58. The third-order valence-corrected chi connectivity index (χ3v) is 11.0. The van der Waals surface area contributed by atoms with Gasteiger partial charge in [0, 0.05) is 1.43 Å². The first-order valence-electron chi connectivity index (χ1n) is 7.58. The molecule has 20 heavy (non-hydrogen) atoms. The summed E-state index contributed by atoms with van der Waals surface area (Å²) in [6.45, 7) is 16.0. The molecule has 1 unspecified atom stereocenters. The molecule has 1 aliphatic heterocycles. The number of rotatable bonds is 7. The van der Waals surface area contributed by atoms with Crippen LogP contribution in [0.2, 0.25) is 16.6 Å². The Balaban J connectivity index is 0.00000400. The molecular formula is C16H32O3Si. The Hall–Kier alpha value is -0.343. The quantitative estimate of drug-likeness (QED) is 0.444. The van der Waals surface area contributed by atoms with E-state index in [0.29, 0.717) is 23.2 Å². The average Bonchev–Trinajstić information content (AvgIpc) is 3.00. The Morgan fingerprint density at radius 2 is 1.70 bits per heavy atom. The third-order valence-electron chi connectivity index (χ3n) is 4.87. The first-order chi connectivity index (χ1) is 9.12. The van der Waals surface area contributed by atoms with Gasteiger partial charge in [-0.15, -0.1) is 6.42 Å². The minimum Gasteiger partial charge on any atom is -0.413 e. The van der Waals surface area contributed by atoms with Crippen LogP contribution < -0.4 is 0 Å². The molecule has 4 heteroatoms. The molecule has 0 aromatic heterocycles. The fourth-order valence-corrected chi connectivity index (χ4v) is 9.04. The van der Waals surface area contributed by atoms with Gasteiger partial charge in [-0.3, -0.25) is 0 Å². The van der Waals surface area contributed by atoms with E-state index in [2.05, 4.69) is 47.5 Å². The maximum Gasteiger partial charge on any atom is 0.200 e. The number of epoxide rings is 1. The number of aliphatic hydroxyl groups is 1. The maximum atomic E-state index is 9.78. The van der Waals surface area contributed by atoms with Crippen LogP contribution in [-0.2, 0) is 9.16 Å². The Bertz CT molecular complexity index is 356. The molecule has 0 radical (unpaired) electrons. The van der Waals surface area contributed by atoms with Crippen molar-refractivity contribution in [1.82, 2.24) is 0 Å². The molecule has 118 valence electrons. The Morgan fingerprint density at radius 3 is 2.05 bits per heavy atom. The van der Waals surface area contributed by atoms with Crippen molar-refractivity contribution >= 4 is 8.32 Å². The van der Waals surface area contributed by atoms with Crippen molar-refractivity contribution in [3.8, 4) is 12.3 Å². The summed E-state index contributed by atoms with van der Waals surface area (Å²) < 4.78 is 12.1. The molecule has 3 atom stereocenters. The molecule has 0 saturated carbocycles. The smallest absolute Gasteiger partial charge is 0.200 e. The van der Waals surface area contributed by atoms with Crippen LogP contribution in [0.4, 0.5) is 0 Å².